The van der Waals surface area contributed by atoms with Crippen molar-refractivity contribution in [3.05, 3.63) is 45.0 Å². The van der Waals surface area contributed by atoms with E-state index >= 15 is 0 Å². The van der Waals surface area contributed by atoms with Gasteiger partial charge in [0.2, 0.25) is 6.04 Å². The summed E-state index contributed by atoms with van der Waals surface area (Å²) in [6.07, 6.45) is 0. The molecule has 0 N–H and O–H groups in total. The third-order valence-corrected chi connectivity index (χ3v) is 4.08. The van der Waals surface area contributed by atoms with Crippen molar-refractivity contribution >= 4 is 23.4 Å². The second kappa shape index (κ2) is 3.79. The predicted octanol–water partition coefficient (Wildman–Crippen LogP) is 2.77. The maximum absolute atomic E-state index is 10.6. The number of nitro groups is 1. The predicted molar refractivity (Wildman–Crippen MR) is 57.4 cm³/mol. The number of thioether (sulfide) groups is 1. The van der Waals surface area contributed by atoms with Crippen LogP contribution in [-0.2, 0) is 0 Å². The Bertz CT molecular complexity index is 372. The van der Waals surface area contributed by atoms with Gasteiger partial charge in [-0.3, -0.25) is 10.1 Å². The van der Waals surface area contributed by atoms with Crippen molar-refractivity contribution in [3.63, 3.8) is 0 Å². The fraction of sp³-hybridized carbons (Fsp3) is 0.333. The SMILES string of the molecule is O=[N+]([O-])[C@H]1CS[C@@H]1c1ccccc1Cl. The van der Waals surface area contributed by atoms with Gasteiger partial charge in [0.15, 0.2) is 0 Å². The van der Waals surface area contributed by atoms with Crippen LogP contribution in [0.25, 0.3) is 0 Å². The summed E-state index contributed by atoms with van der Waals surface area (Å²) in [5.41, 5.74) is 0.882. The van der Waals surface area contributed by atoms with Crippen LogP contribution >= 0.6 is 23.4 Å². The van der Waals surface area contributed by atoms with E-state index in [1.54, 1.807) is 17.8 Å². The van der Waals surface area contributed by atoms with Gasteiger partial charge in [-0.15, -0.1) is 11.8 Å². The van der Waals surface area contributed by atoms with Crippen molar-refractivity contribution in [1.29, 1.82) is 0 Å². The van der Waals surface area contributed by atoms with Crippen LogP contribution < -0.4 is 0 Å². The van der Waals surface area contributed by atoms with Gasteiger partial charge in [0.1, 0.15) is 0 Å². The highest BCUT2D eigenvalue weighted by Gasteiger charge is 2.43. The number of halogens is 1. The second-order valence-electron chi connectivity index (χ2n) is 3.13. The number of hydrogen-bond acceptors (Lipinski definition) is 3. The zero-order chi connectivity index (χ0) is 10.1. The van der Waals surface area contributed by atoms with Gasteiger partial charge < -0.3 is 0 Å². The molecule has 0 unspecified atom stereocenters. The lowest BCUT2D eigenvalue weighted by molar-refractivity contribution is -0.520. The molecule has 3 nitrogen and oxygen atoms in total. The van der Waals surface area contributed by atoms with Gasteiger partial charge >= 0.3 is 0 Å². The highest BCUT2D eigenvalue weighted by Crippen LogP contribution is 2.46. The Balaban J connectivity index is 2.24. The fourth-order valence-electron chi connectivity index (χ4n) is 1.45. The standard InChI is InChI=1S/C9H8ClNO2S/c10-7-4-2-1-3-6(7)9-8(5-14-9)11(12)13/h1-4,8-9H,5H2/t8-,9+/m0/s1. The van der Waals surface area contributed by atoms with Crippen molar-refractivity contribution in [3.8, 4) is 0 Å². The summed E-state index contributed by atoms with van der Waals surface area (Å²) in [6.45, 7) is 0. The number of hydrogen-bond donors (Lipinski definition) is 0. The first-order valence-corrected chi connectivity index (χ1v) is 5.62. The number of benzene rings is 1. The molecule has 74 valence electrons. The van der Waals surface area contributed by atoms with Crippen LogP contribution in [0.15, 0.2) is 24.3 Å². The average Bonchev–Trinajstić information content (AvgIpc) is 2.05. The van der Waals surface area contributed by atoms with Crippen LogP contribution in [0, 0.1) is 10.1 Å². The molecule has 1 aliphatic heterocycles. The lowest BCUT2D eigenvalue weighted by Gasteiger charge is -2.29. The molecule has 0 aliphatic carbocycles. The quantitative estimate of drug-likeness (QED) is 0.579. The first-order chi connectivity index (χ1) is 6.70. The molecule has 1 aliphatic rings. The molecule has 1 fully saturated rings. The Morgan fingerprint density at radius 3 is 2.71 bits per heavy atom. The Morgan fingerprint density at radius 1 is 1.50 bits per heavy atom. The van der Waals surface area contributed by atoms with Crippen molar-refractivity contribution in [2.24, 2.45) is 0 Å². The number of nitrogens with zero attached hydrogens (tertiary/aromatic N) is 1. The molecule has 0 radical (unpaired) electrons. The minimum atomic E-state index is -0.472. The Labute approximate surface area is 90.6 Å². The monoisotopic (exact) mass is 229 g/mol. The lowest BCUT2D eigenvalue weighted by Crippen LogP contribution is -2.36. The van der Waals surface area contributed by atoms with Crippen LogP contribution in [0.4, 0.5) is 0 Å². The van der Waals surface area contributed by atoms with E-state index in [-0.39, 0.29) is 10.2 Å². The Morgan fingerprint density at radius 2 is 2.21 bits per heavy atom. The van der Waals surface area contributed by atoms with Crippen LogP contribution in [0.1, 0.15) is 10.8 Å². The summed E-state index contributed by atoms with van der Waals surface area (Å²) in [5.74, 6) is 0.586. The maximum atomic E-state index is 10.6. The third-order valence-electron chi connectivity index (χ3n) is 2.28. The van der Waals surface area contributed by atoms with E-state index in [1.165, 1.54) is 0 Å². The van der Waals surface area contributed by atoms with E-state index in [0.717, 1.165) is 5.56 Å². The third kappa shape index (κ3) is 1.60. The minimum Gasteiger partial charge on any atom is -0.264 e. The largest absolute Gasteiger partial charge is 0.264 e. The molecular formula is C9H8ClNO2S. The highest BCUT2D eigenvalue weighted by molar-refractivity contribution is 8.01. The zero-order valence-corrected chi connectivity index (χ0v) is 8.79. The number of rotatable bonds is 2. The topological polar surface area (TPSA) is 43.1 Å². The zero-order valence-electron chi connectivity index (χ0n) is 7.22. The van der Waals surface area contributed by atoms with E-state index in [9.17, 15) is 10.1 Å². The molecule has 0 amide bonds. The van der Waals surface area contributed by atoms with Crippen molar-refractivity contribution in [2.45, 2.75) is 11.3 Å². The van der Waals surface area contributed by atoms with Gasteiger partial charge in [-0.2, -0.15) is 0 Å². The molecule has 1 aromatic rings. The van der Waals surface area contributed by atoms with Crippen molar-refractivity contribution in [1.82, 2.24) is 0 Å². The Kier molecular flexibility index (Phi) is 2.65. The molecule has 2 atom stereocenters. The molecule has 14 heavy (non-hydrogen) atoms. The van der Waals surface area contributed by atoms with Crippen LogP contribution in [-0.4, -0.2) is 16.7 Å². The normalized spacial score (nSPS) is 25.5. The minimum absolute atomic E-state index is 0.0706. The van der Waals surface area contributed by atoms with Crippen LogP contribution in [0.5, 0.6) is 0 Å². The Hall–Kier alpha value is -0.740. The molecule has 2 rings (SSSR count). The summed E-state index contributed by atoms with van der Waals surface area (Å²) in [4.78, 5) is 10.4. The van der Waals surface area contributed by atoms with Crippen LogP contribution in [0.3, 0.4) is 0 Å². The van der Waals surface area contributed by atoms with Crippen molar-refractivity contribution < 1.29 is 4.92 Å². The van der Waals surface area contributed by atoms with Gasteiger partial charge in [-0.05, 0) is 11.6 Å². The summed E-state index contributed by atoms with van der Waals surface area (Å²) >= 11 is 7.55. The summed E-state index contributed by atoms with van der Waals surface area (Å²) in [6, 6.07) is 6.84. The van der Waals surface area contributed by atoms with E-state index in [0.29, 0.717) is 10.8 Å². The van der Waals surface area contributed by atoms with E-state index in [4.69, 9.17) is 11.6 Å². The van der Waals surface area contributed by atoms with Crippen molar-refractivity contribution in [2.75, 3.05) is 5.75 Å². The average molecular weight is 230 g/mol. The van der Waals surface area contributed by atoms with E-state index in [2.05, 4.69) is 0 Å². The molecule has 0 bridgehead atoms. The molecule has 0 saturated carbocycles. The first-order valence-electron chi connectivity index (χ1n) is 4.19. The molecule has 1 heterocycles. The van der Waals surface area contributed by atoms with Gasteiger partial charge in [0.25, 0.3) is 0 Å². The van der Waals surface area contributed by atoms with Gasteiger partial charge in [-0.1, -0.05) is 29.8 Å². The lowest BCUT2D eigenvalue weighted by atomic mass is 10.1. The first kappa shape index (κ1) is 9.80. The smallest absolute Gasteiger partial charge is 0.237 e. The maximum Gasteiger partial charge on any atom is 0.237 e. The molecule has 5 heteroatoms. The van der Waals surface area contributed by atoms with E-state index in [1.807, 2.05) is 18.2 Å². The molecular weight excluding hydrogens is 222 g/mol. The second-order valence-corrected chi connectivity index (χ2v) is 4.71. The highest BCUT2D eigenvalue weighted by atomic mass is 35.5. The van der Waals surface area contributed by atoms with Gasteiger partial charge in [0.05, 0.1) is 11.0 Å². The van der Waals surface area contributed by atoms with Gasteiger partial charge in [0, 0.05) is 9.95 Å². The van der Waals surface area contributed by atoms with E-state index < -0.39 is 6.04 Å². The fourth-order valence-corrected chi connectivity index (χ4v) is 2.93. The van der Waals surface area contributed by atoms with Crippen LogP contribution in [0.2, 0.25) is 5.02 Å². The summed E-state index contributed by atoms with van der Waals surface area (Å²) in [7, 11) is 0. The molecule has 0 spiro atoms. The molecule has 0 aromatic heterocycles. The molecule has 1 saturated heterocycles. The molecule has 1 aromatic carbocycles. The summed E-state index contributed by atoms with van der Waals surface area (Å²) < 4.78 is 0. The van der Waals surface area contributed by atoms with Gasteiger partial charge in [-0.25, -0.2) is 0 Å². The summed E-state index contributed by atoms with van der Waals surface area (Å²) in [5, 5.41) is 11.2.